The average Bonchev–Trinajstić information content (AvgIpc) is 2.34. The maximum absolute atomic E-state index is 12.1. The van der Waals surface area contributed by atoms with Gasteiger partial charge in [-0.1, -0.05) is 29.3 Å². The van der Waals surface area contributed by atoms with Gasteiger partial charge in [0, 0.05) is 23.9 Å². The molecule has 0 radical (unpaired) electrons. The highest BCUT2D eigenvalue weighted by molar-refractivity contribution is 6.42. The van der Waals surface area contributed by atoms with E-state index in [1.54, 1.807) is 36.5 Å². The highest BCUT2D eigenvalue weighted by atomic mass is 35.5. The summed E-state index contributed by atoms with van der Waals surface area (Å²) in [7, 11) is 0. The van der Waals surface area contributed by atoms with Crippen molar-refractivity contribution in [2.24, 2.45) is 0 Å². The number of rotatable bonds is 3. The minimum absolute atomic E-state index is 0.0406. The number of aromatic nitrogens is 1. The Kier molecular flexibility index (Phi) is 4.00. The lowest BCUT2D eigenvalue weighted by Gasteiger charge is -2.04. The molecule has 0 amide bonds. The Bertz CT molecular complexity index is 596. The molecule has 0 atom stereocenters. The maximum atomic E-state index is 12.1. The minimum Gasteiger partial charge on any atom is -0.294 e. The Morgan fingerprint density at radius 2 is 1.94 bits per heavy atom. The van der Waals surface area contributed by atoms with Crippen molar-refractivity contribution in [3.05, 3.63) is 63.4 Å². The van der Waals surface area contributed by atoms with Crippen LogP contribution in [0, 0.1) is 6.92 Å². The van der Waals surface area contributed by atoms with Crippen molar-refractivity contribution in [1.82, 2.24) is 4.98 Å². The van der Waals surface area contributed by atoms with E-state index in [4.69, 9.17) is 23.2 Å². The number of pyridine rings is 1. The minimum atomic E-state index is 0.0406. The molecule has 92 valence electrons. The molecule has 0 bridgehead atoms. The van der Waals surface area contributed by atoms with Gasteiger partial charge in [0.15, 0.2) is 5.78 Å². The first kappa shape index (κ1) is 13.1. The first-order valence-electron chi connectivity index (χ1n) is 5.46. The second-order valence-electron chi connectivity index (χ2n) is 4.03. The fraction of sp³-hybridized carbons (Fsp3) is 0.143. The number of aryl methyl sites for hydroxylation is 1. The van der Waals surface area contributed by atoms with E-state index in [9.17, 15) is 4.79 Å². The van der Waals surface area contributed by atoms with Gasteiger partial charge >= 0.3 is 0 Å². The Labute approximate surface area is 116 Å². The van der Waals surface area contributed by atoms with Crippen molar-refractivity contribution in [1.29, 1.82) is 0 Å². The number of nitrogens with zero attached hydrogens (tertiary/aromatic N) is 1. The van der Waals surface area contributed by atoms with Crippen LogP contribution in [0.2, 0.25) is 10.0 Å². The molecule has 1 heterocycles. The van der Waals surface area contributed by atoms with E-state index < -0.39 is 0 Å². The van der Waals surface area contributed by atoms with Gasteiger partial charge in [-0.3, -0.25) is 9.78 Å². The van der Waals surface area contributed by atoms with Crippen LogP contribution in [0.25, 0.3) is 0 Å². The molecular formula is C14H11Cl2NO. The predicted octanol–water partition coefficient (Wildman–Crippen LogP) is 4.12. The van der Waals surface area contributed by atoms with Crippen LogP contribution >= 0.6 is 23.2 Å². The molecule has 0 unspecified atom stereocenters. The smallest absolute Gasteiger partial charge is 0.167 e. The number of carbonyl (C=O) groups excluding carboxylic acids is 1. The van der Waals surface area contributed by atoms with Gasteiger partial charge < -0.3 is 0 Å². The number of hydrogen-bond acceptors (Lipinski definition) is 2. The molecule has 1 aromatic carbocycles. The second kappa shape index (κ2) is 5.51. The van der Waals surface area contributed by atoms with Crippen molar-refractivity contribution in [3.63, 3.8) is 0 Å². The Balaban J connectivity index is 2.18. The zero-order valence-corrected chi connectivity index (χ0v) is 11.3. The van der Waals surface area contributed by atoms with Crippen molar-refractivity contribution in [3.8, 4) is 0 Å². The molecule has 0 fully saturated rings. The molecule has 2 rings (SSSR count). The Morgan fingerprint density at radius 1 is 1.17 bits per heavy atom. The van der Waals surface area contributed by atoms with E-state index in [0.29, 0.717) is 22.0 Å². The summed E-state index contributed by atoms with van der Waals surface area (Å²) in [6.07, 6.45) is 1.94. The van der Waals surface area contributed by atoms with Gasteiger partial charge in [-0.05, 0) is 36.8 Å². The van der Waals surface area contributed by atoms with Gasteiger partial charge in [-0.25, -0.2) is 0 Å². The van der Waals surface area contributed by atoms with Crippen LogP contribution in [-0.4, -0.2) is 10.8 Å². The molecule has 0 aliphatic heterocycles. The third kappa shape index (κ3) is 3.09. The number of carbonyl (C=O) groups is 1. The largest absolute Gasteiger partial charge is 0.294 e. The predicted molar refractivity (Wildman–Crippen MR) is 73.5 cm³/mol. The monoisotopic (exact) mass is 279 g/mol. The number of halogens is 2. The van der Waals surface area contributed by atoms with E-state index in [1.807, 2.05) is 6.92 Å². The molecule has 18 heavy (non-hydrogen) atoms. The number of ketones is 1. The Hall–Kier alpha value is -1.38. The molecule has 1 aromatic heterocycles. The van der Waals surface area contributed by atoms with E-state index in [2.05, 4.69) is 4.98 Å². The Morgan fingerprint density at radius 3 is 2.61 bits per heavy atom. The molecule has 0 saturated carbocycles. The second-order valence-corrected chi connectivity index (χ2v) is 4.85. The van der Waals surface area contributed by atoms with Crippen molar-refractivity contribution >= 4 is 29.0 Å². The summed E-state index contributed by atoms with van der Waals surface area (Å²) in [6, 6.07) is 8.72. The molecule has 0 aliphatic carbocycles. The van der Waals surface area contributed by atoms with Crippen LogP contribution in [0.5, 0.6) is 0 Å². The highest BCUT2D eigenvalue weighted by Gasteiger charge is 2.08. The van der Waals surface area contributed by atoms with E-state index in [0.717, 1.165) is 11.3 Å². The standard InChI is InChI=1S/C14H11Cl2NO/c1-9-6-11(4-5-17-9)14(18)8-10-2-3-12(15)13(16)7-10/h2-7H,8H2,1H3. The summed E-state index contributed by atoms with van der Waals surface area (Å²) < 4.78 is 0. The van der Waals surface area contributed by atoms with Crippen LogP contribution in [0.3, 0.4) is 0 Å². The van der Waals surface area contributed by atoms with Crippen LogP contribution in [0.1, 0.15) is 21.6 Å². The zero-order chi connectivity index (χ0) is 13.1. The molecule has 0 spiro atoms. The quantitative estimate of drug-likeness (QED) is 0.791. The normalized spacial score (nSPS) is 10.4. The van der Waals surface area contributed by atoms with Gasteiger partial charge in [-0.15, -0.1) is 0 Å². The van der Waals surface area contributed by atoms with Crippen LogP contribution in [0.4, 0.5) is 0 Å². The summed E-state index contributed by atoms with van der Waals surface area (Å²) in [6.45, 7) is 1.86. The van der Waals surface area contributed by atoms with Gasteiger partial charge in [0.1, 0.15) is 0 Å². The molecule has 0 saturated heterocycles. The third-order valence-electron chi connectivity index (χ3n) is 2.57. The SMILES string of the molecule is Cc1cc(C(=O)Cc2ccc(Cl)c(Cl)c2)ccn1. The lowest BCUT2D eigenvalue weighted by atomic mass is 10.0. The molecule has 0 N–H and O–H groups in total. The molecule has 0 aliphatic rings. The number of benzene rings is 1. The molecular weight excluding hydrogens is 269 g/mol. The number of Topliss-reactive ketones (excluding diaryl/α,β-unsaturated/α-hetero) is 1. The van der Waals surface area contributed by atoms with E-state index in [1.165, 1.54) is 0 Å². The highest BCUT2D eigenvalue weighted by Crippen LogP contribution is 2.23. The summed E-state index contributed by atoms with van der Waals surface area (Å²) in [5, 5.41) is 0.959. The fourth-order valence-corrected chi connectivity index (χ4v) is 1.98. The van der Waals surface area contributed by atoms with Gasteiger partial charge in [0.05, 0.1) is 10.0 Å². The maximum Gasteiger partial charge on any atom is 0.167 e. The zero-order valence-electron chi connectivity index (χ0n) is 9.78. The molecule has 2 aromatic rings. The van der Waals surface area contributed by atoms with Crippen LogP contribution < -0.4 is 0 Å². The van der Waals surface area contributed by atoms with Gasteiger partial charge in [-0.2, -0.15) is 0 Å². The molecule has 2 nitrogen and oxygen atoms in total. The van der Waals surface area contributed by atoms with E-state index in [-0.39, 0.29) is 5.78 Å². The van der Waals surface area contributed by atoms with E-state index >= 15 is 0 Å². The number of hydrogen-bond donors (Lipinski definition) is 0. The van der Waals surface area contributed by atoms with Crippen molar-refractivity contribution in [2.45, 2.75) is 13.3 Å². The fourth-order valence-electron chi connectivity index (χ4n) is 1.66. The summed E-state index contributed by atoms with van der Waals surface area (Å²) in [4.78, 5) is 16.1. The van der Waals surface area contributed by atoms with Crippen molar-refractivity contribution < 1.29 is 4.79 Å². The third-order valence-corrected chi connectivity index (χ3v) is 3.31. The average molecular weight is 280 g/mol. The first-order valence-corrected chi connectivity index (χ1v) is 6.21. The summed E-state index contributed by atoms with van der Waals surface area (Å²) in [5.41, 5.74) is 2.34. The lowest BCUT2D eigenvalue weighted by Crippen LogP contribution is -2.04. The lowest BCUT2D eigenvalue weighted by molar-refractivity contribution is 0.0993. The topological polar surface area (TPSA) is 30.0 Å². The van der Waals surface area contributed by atoms with Gasteiger partial charge in [0.25, 0.3) is 0 Å². The molecule has 4 heteroatoms. The first-order chi connectivity index (χ1) is 8.56. The summed E-state index contributed by atoms with van der Waals surface area (Å²) >= 11 is 11.7. The van der Waals surface area contributed by atoms with Gasteiger partial charge in [0.2, 0.25) is 0 Å². The van der Waals surface area contributed by atoms with Crippen molar-refractivity contribution in [2.75, 3.05) is 0 Å². The van der Waals surface area contributed by atoms with Crippen LogP contribution in [-0.2, 0) is 6.42 Å². The van der Waals surface area contributed by atoms with Crippen LogP contribution in [0.15, 0.2) is 36.5 Å². The summed E-state index contributed by atoms with van der Waals surface area (Å²) in [5.74, 6) is 0.0406.